The van der Waals surface area contributed by atoms with Gasteiger partial charge in [0.05, 0.1) is 6.17 Å². The third kappa shape index (κ3) is 5.94. The van der Waals surface area contributed by atoms with Crippen LogP contribution >= 0.6 is 0 Å². The summed E-state index contributed by atoms with van der Waals surface area (Å²) < 4.78 is 4.50. The lowest BCUT2D eigenvalue weighted by molar-refractivity contribution is 0.157. The Morgan fingerprint density at radius 2 is 2.00 bits per heavy atom. The lowest BCUT2D eigenvalue weighted by Gasteiger charge is -2.12. The molecule has 0 aliphatic rings. The molecule has 0 amide bonds. The summed E-state index contributed by atoms with van der Waals surface area (Å²) in [7, 11) is -3.40. The van der Waals surface area contributed by atoms with Crippen LogP contribution < -0.4 is 5.73 Å². The SMILES string of the molecule is C.CCO[Si](O)(O)CN. The zero-order valence-corrected chi connectivity index (χ0v) is 5.79. The van der Waals surface area contributed by atoms with Crippen molar-refractivity contribution in [1.82, 2.24) is 0 Å². The maximum atomic E-state index is 8.67. The van der Waals surface area contributed by atoms with Crippen molar-refractivity contribution in [2.24, 2.45) is 5.73 Å². The van der Waals surface area contributed by atoms with Gasteiger partial charge in [0.15, 0.2) is 0 Å². The van der Waals surface area contributed by atoms with Gasteiger partial charge in [0.25, 0.3) is 0 Å². The first-order valence-electron chi connectivity index (χ1n) is 2.41. The summed E-state index contributed by atoms with van der Waals surface area (Å²) >= 11 is 0. The molecule has 0 saturated carbocycles. The smallest absolute Gasteiger partial charge is 0.389 e. The van der Waals surface area contributed by atoms with E-state index in [-0.39, 0.29) is 13.6 Å². The van der Waals surface area contributed by atoms with Crippen molar-refractivity contribution < 1.29 is 14.0 Å². The second kappa shape index (κ2) is 4.89. The van der Waals surface area contributed by atoms with Crippen LogP contribution in [0.1, 0.15) is 14.4 Å². The van der Waals surface area contributed by atoms with Crippen molar-refractivity contribution in [3.05, 3.63) is 0 Å². The number of hydrogen-bond acceptors (Lipinski definition) is 4. The van der Waals surface area contributed by atoms with Gasteiger partial charge in [0.1, 0.15) is 0 Å². The molecule has 0 heterocycles. The van der Waals surface area contributed by atoms with Crippen LogP contribution in [0, 0.1) is 0 Å². The molecule has 0 bridgehead atoms. The Labute approximate surface area is 56.6 Å². The third-order valence-electron chi connectivity index (χ3n) is 0.641. The van der Waals surface area contributed by atoms with E-state index in [0.717, 1.165) is 0 Å². The van der Waals surface area contributed by atoms with E-state index in [2.05, 4.69) is 4.43 Å². The molecule has 0 atom stereocenters. The summed E-state index contributed by atoms with van der Waals surface area (Å²) in [5, 5.41) is 0. The first-order valence-corrected chi connectivity index (χ1v) is 4.42. The molecule has 5 heteroatoms. The van der Waals surface area contributed by atoms with Crippen LogP contribution in [-0.2, 0) is 4.43 Å². The monoisotopic (exact) mass is 153 g/mol. The van der Waals surface area contributed by atoms with Crippen molar-refractivity contribution >= 4 is 8.80 Å². The van der Waals surface area contributed by atoms with E-state index in [1.807, 2.05) is 0 Å². The first-order chi connectivity index (χ1) is 3.62. The van der Waals surface area contributed by atoms with Crippen LogP contribution in [0.2, 0.25) is 0 Å². The molecule has 0 aliphatic heterocycles. The summed E-state index contributed by atoms with van der Waals surface area (Å²) in [6, 6.07) is 0. The average molecular weight is 153 g/mol. The van der Waals surface area contributed by atoms with Crippen LogP contribution in [0.25, 0.3) is 0 Å². The first kappa shape index (κ1) is 11.8. The highest BCUT2D eigenvalue weighted by Crippen LogP contribution is 1.89. The summed E-state index contributed by atoms with van der Waals surface area (Å²) in [6.07, 6.45) is -0.166. The van der Waals surface area contributed by atoms with Gasteiger partial charge in [-0.3, -0.25) is 0 Å². The molecule has 0 fully saturated rings. The van der Waals surface area contributed by atoms with Gasteiger partial charge in [-0.2, -0.15) is 0 Å². The van der Waals surface area contributed by atoms with E-state index >= 15 is 0 Å². The fraction of sp³-hybridized carbons (Fsp3) is 1.00. The fourth-order valence-corrected chi connectivity index (χ4v) is 0.870. The van der Waals surface area contributed by atoms with Gasteiger partial charge in [-0.25, -0.2) is 0 Å². The van der Waals surface area contributed by atoms with Crippen molar-refractivity contribution in [1.29, 1.82) is 0 Å². The molecule has 0 radical (unpaired) electrons. The third-order valence-corrected chi connectivity index (χ3v) is 1.92. The second-order valence-corrected chi connectivity index (χ2v) is 3.56. The summed E-state index contributed by atoms with van der Waals surface area (Å²) in [5.74, 6) is 0. The Morgan fingerprint density at radius 1 is 1.56 bits per heavy atom. The van der Waals surface area contributed by atoms with Gasteiger partial charge in [-0.15, -0.1) is 0 Å². The molecule has 0 aromatic carbocycles. The standard InChI is InChI=1S/C3H11NO3Si.CH4/c1-2-7-8(5,6)3-4;/h5-6H,2-4H2,1H3;1H4. The van der Waals surface area contributed by atoms with Crippen LogP contribution in [0.4, 0.5) is 0 Å². The van der Waals surface area contributed by atoms with Crippen LogP contribution in [-0.4, -0.2) is 31.2 Å². The van der Waals surface area contributed by atoms with E-state index < -0.39 is 8.80 Å². The Bertz CT molecular complexity index is 68.8. The molecule has 0 unspecified atom stereocenters. The van der Waals surface area contributed by atoms with Gasteiger partial charge < -0.3 is 19.8 Å². The minimum Gasteiger partial charge on any atom is -0.389 e. The van der Waals surface area contributed by atoms with Crippen molar-refractivity contribution in [3.8, 4) is 0 Å². The molecule has 0 aromatic heterocycles. The summed E-state index contributed by atoms with van der Waals surface area (Å²) in [4.78, 5) is 17.3. The Hall–Kier alpha value is 0.0569. The van der Waals surface area contributed by atoms with Crippen molar-refractivity contribution in [3.63, 3.8) is 0 Å². The minimum absolute atomic E-state index is 0. The topological polar surface area (TPSA) is 75.7 Å². The predicted molar refractivity (Wildman–Crippen MR) is 37.6 cm³/mol. The number of hydrogen-bond donors (Lipinski definition) is 3. The van der Waals surface area contributed by atoms with Crippen molar-refractivity contribution in [2.45, 2.75) is 14.4 Å². The maximum Gasteiger partial charge on any atom is 0.509 e. The van der Waals surface area contributed by atoms with Crippen LogP contribution in [0.15, 0.2) is 0 Å². The Kier molecular flexibility index (Phi) is 6.42. The normalized spacial score (nSPS) is 10.7. The van der Waals surface area contributed by atoms with Gasteiger partial charge >= 0.3 is 8.80 Å². The molecule has 58 valence electrons. The van der Waals surface area contributed by atoms with Gasteiger partial charge in [0.2, 0.25) is 0 Å². The molecule has 0 aliphatic carbocycles. The highest BCUT2D eigenvalue weighted by atomic mass is 28.4. The summed E-state index contributed by atoms with van der Waals surface area (Å²) in [5.41, 5.74) is 4.93. The number of nitrogens with two attached hydrogens (primary N) is 1. The highest BCUT2D eigenvalue weighted by Gasteiger charge is 2.28. The molecular weight excluding hydrogens is 138 g/mol. The van der Waals surface area contributed by atoms with E-state index in [0.29, 0.717) is 6.61 Å². The van der Waals surface area contributed by atoms with Gasteiger partial charge in [-0.05, 0) is 6.92 Å². The van der Waals surface area contributed by atoms with E-state index in [1.54, 1.807) is 6.92 Å². The van der Waals surface area contributed by atoms with Gasteiger partial charge in [0, 0.05) is 6.61 Å². The maximum absolute atomic E-state index is 8.67. The lowest BCUT2D eigenvalue weighted by atomic mass is 10.9. The van der Waals surface area contributed by atoms with Crippen LogP contribution in [0.5, 0.6) is 0 Å². The molecule has 4 nitrogen and oxygen atoms in total. The Balaban J connectivity index is 0. The highest BCUT2D eigenvalue weighted by molar-refractivity contribution is 6.57. The van der Waals surface area contributed by atoms with E-state index in [1.165, 1.54) is 0 Å². The van der Waals surface area contributed by atoms with E-state index in [9.17, 15) is 0 Å². The zero-order chi connectivity index (χ0) is 6.62. The molecule has 4 N–H and O–H groups in total. The lowest BCUT2D eigenvalue weighted by Crippen LogP contribution is -2.47. The molecule has 0 spiro atoms. The minimum atomic E-state index is -3.40. The molecule has 0 aromatic rings. The van der Waals surface area contributed by atoms with E-state index in [4.69, 9.17) is 15.3 Å². The fourth-order valence-electron chi connectivity index (χ4n) is 0.290. The Morgan fingerprint density at radius 3 is 2.11 bits per heavy atom. The molecule has 0 saturated heterocycles. The molecular formula is C4H15NO3Si. The molecule has 9 heavy (non-hydrogen) atoms. The van der Waals surface area contributed by atoms with Crippen LogP contribution in [0.3, 0.4) is 0 Å². The summed E-state index contributed by atoms with van der Waals surface area (Å²) in [6.45, 7) is 1.99. The van der Waals surface area contributed by atoms with Gasteiger partial charge in [-0.1, -0.05) is 7.43 Å². The quantitative estimate of drug-likeness (QED) is 0.458. The second-order valence-electron chi connectivity index (χ2n) is 1.38. The largest absolute Gasteiger partial charge is 0.509 e. The zero-order valence-electron chi connectivity index (χ0n) is 4.79. The number of rotatable bonds is 3. The molecule has 0 rings (SSSR count). The predicted octanol–water partition coefficient (Wildman–Crippen LogP) is -0.920. The average Bonchev–Trinajstić information content (AvgIpc) is 1.67. The van der Waals surface area contributed by atoms with Crippen molar-refractivity contribution in [2.75, 3.05) is 12.8 Å².